The van der Waals surface area contributed by atoms with E-state index in [0.717, 1.165) is 6.54 Å². The summed E-state index contributed by atoms with van der Waals surface area (Å²) in [6, 6.07) is 21.1. The lowest BCUT2D eigenvalue weighted by atomic mass is 10.2. The van der Waals surface area contributed by atoms with Gasteiger partial charge in [0.1, 0.15) is 0 Å². The van der Waals surface area contributed by atoms with Gasteiger partial charge in [-0.15, -0.1) is 0 Å². The molecule has 20 heavy (non-hydrogen) atoms. The average Bonchev–Trinajstić information content (AvgIpc) is 2.53. The molecule has 2 rings (SSSR count). The van der Waals surface area contributed by atoms with E-state index in [1.807, 2.05) is 0 Å². The van der Waals surface area contributed by atoms with Crippen molar-refractivity contribution in [2.24, 2.45) is 0 Å². The maximum Gasteiger partial charge on any atom is 0.0574 e. The molecule has 0 saturated carbocycles. The molecule has 2 nitrogen and oxygen atoms in total. The van der Waals surface area contributed by atoms with Crippen LogP contribution in [0.2, 0.25) is 0 Å². The van der Waals surface area contributed by atoms with E-state index in [-0.39, 0.29) is 0 Å². The smallest absolute Gasteiger partial charge is 0.0574 e. The van der Waals surface area contributed by atoms with Crippen molar-refractivity contribution in [2.75, 3.05) is 23.6 Å². The molecule has 0 unspecified atom stereocenters. The molecular weight excluding hydrogens is 244 g/mol. The number of rotatable bonds is 7. The Kier molecular flexibility index (Phi) is 5.48. The van der Waals surface area contributed by atoms with Crippen molar-refractivity contribution in [3.05, 3.63) is 60.7 Å². The highest BCUT2D eigenvalue weighted by Crippen LogP contribution is 2.21. The summed E-state index contributed by atoms with van der Waals surface area (Å²) >= 11 is 0. The van der Waals surface area contributed by atoms with Crippen molar-refractivity contribution in [1.82, 2.24) is 0 Å². The SMILES string of the molecule is CCCCCN(c1ccccc1)N(C)c1ccccc1. The Morgan fingerprint density at radius 3 is 1.85 bits per heavy atom. The molecule has 0 fully saturated rings. The van der Waals surface area contributed by atoms with Gasteiger partial charge in [0.25, 0.3) is 0 Å². The van der Waals surface area contributed by atoms with Gasteiger partial charge in [-0.1, -0.05) is 56.2 Å². The normalized spacial score (nSPS) is 10.3. The van der Waals surface area contributed by atoms with Crippen LogP contribution in [-0.4, -0.2) is 13.6 Å². The van der Waals surface area contributed by atoms with E-state index < -0.39 is 0 Å². The molecule has 0 heterocycles. The third-order valence-electron chi connectivity index (χ3n) is 3.52. The number of anilines is 2. The highest BCUT2D eigenvalue weighted by Gasteiger charge is 2.12. The lowest BCUT2D eigenvalue weighted by molar-refractivity contribution is 0.669. The Labute approximate surface area is 122 Å². The third kappa shape index (κ3) is 3.77. The number of nitrogens with zero attached hydrogens (tertiary/aromatic N) is 2. The zero-order valence-corrected chi connectivity index (χ0v) is 12.5. The van der Waals surface area contributed by atoms with Crippen LogP contribution >= 0.6 is 0 Å². The second-order valence-corrected chi connectivity index (χ2v) is 5.02. The van der Waals surface area contributed by atoms with Crippen LogP contribution in [0.4, 0.5) is 11.4 Å². The molecule has 106 valence electrons. The van der Waals surface area contributed by atoms with Gasteiger partial charge in [0.15, 0.2) is 0 Å². The molecule has 0 aromatic heterocycles. The monoisotopic (exact) mass is 268 g/mol. The van der Waals surface area contributed by atoms with Crippen molar-refractivity contribution in [1.29, 1.82) is 0 Å². The van der Waals surface area contributed by atoms with Crippen LogP contribution in [0, 0.1) is 0 Å². The number of para-hydroxylation sites is 2. The summed E-state index contributed by atoms with van der Waals surface area (Å²) in [6.07, 6.45) is 3.73. The molecule has 0 N–H and O–H groups in total. The lowest BCUT2D eigenvalue weighted by Crippen LogP contribution is -2.40. The highest BCUT2D eigenvalue weighted by atomic mass is 15.6. The van der Waals surface area contributed by atoms with Crippen LogP contribution in [0.5, 0.6) is 0 Å². The first-order chi connectivity index (χ1) is 9.83. The molecule has 0 aliphatic rings. The summed E-state index contributed by atoms with van der Waals surface area (Å²) in [5, 5.41) is 4.59. The zero-order valence-electron chi connectivity index (χ0n) is 12.5. The van der Waals surface area contributed by atoms with Crippen LogP contribution < -0.4 is 10.0 Å². The first-order valence-electron chi connectivity index (χ1n) is 7.44. The summed E-state index contributed by atoms with van der Waals surface area (Å²) in [5.74, 6) is 0. The molecule has 0 spiro atoms. The van der Waals surface area contributed by atoms with Crippen LogP contribution in [-0.2, 0) is 0 Å². The van der Waals surface area contributed by atoms with E-state index in [4.69, 9.17) is 0 Å². The fourth-order valence-electron chi connectivity index (χ4n) is 2.35. The van der Waals surface area contributed by atoms with Gasteiger partial charge in [-0.05, 0) is 30.7 Å². The predicted octanol–water partition coefficient (Wildman–Crippen LogP) is 4.73. The molecular formula is C18H24N2. The second-order valence-electron chi connectivity index (χ2n) is 5.02. The highest BCUT2D eigenvalue weighted by molar-refractivity contribution is 5.56. The summed E-state index contributed by atoms with van der Waals surface area (Å²) in [6.45, 7) is 3.29. The Hall–Kier alpha value is -1.96. The van der Waals surface area contributed by atoms with Gasteiger partial charge in [0, 0.05) is 13.6 Å². The Bertz CT molecular complexity index is 481. The average molecular weight is 268 g/mol. The van der Waals surface area contributed by atoms with E-state index in [0.29, 0.717) is 0 Å². The van der Waals surface area contributed by atoms with Gasteiger partial charge in [-0.3, -0.25) is 10.0 Å². The second kappa shape index (κ2) is 7.59. The largest absolute Gasteiger partial charge is 0.288 e. The number of hydrogen-bond acceptors (Lipinski definition) is 2. The molecule has 0 bridgehead atoms. The van der Waals surface area contributed by atoms with Gasteiger partial charge in [-0.25, -0.2) is 0 Å². The Morgan fingerprint density at radius 2 is 1.30 bits per heavy atom. The Balaban J connectivity index is 2.17. The maximum absolute atomic E-state index is 2.35. The number of hydrogen-bond donors (Lipinski definition) is 0. The molecule has 2 heteroatoms. The summed E-state index contributed by atoms with van der Waals surface area (Å²) in [4.78, 5) is 0. The van der Waals surface area contributed by atoms with E-state index in [1.165, 1.54) is 30.6 Å². The molecule has 0 radical (unpaired) electrons. The van der Waals surface area contributed by atoms with Crippen LogP contribution in [0.15, 0.2) is 60.7 Å². The number of unbranched alkanes of at least 4 members (excludes halogenated alkanes) is 2. The van der Waals surface area contributed by atoms with E-state index >= 15 is 0 Å². The first kappa shape index (κ1) is 14.4. The molecule has 0 aliphatic carbocycles. The minimum Gasteiger partial charge on any atom is -0.288 e. The molecule has 0 aliphatic heterocycles. The van der Waals surface area contributed by atoms with Crippen LogP contribution in [0.1, 0.15) is 26.2 Å². The van der Waals surface area contributed by atoms with Crippen molar-refractivity contribution in [2.45, 2.75) is 26.2 Å². The third-order valence-corrected chi connectivity index (χ3v) is 3.52. The quantitative estimate of drug-likeness (QED) is 0.529. The van der Waals surface area contributed by atoms with Crippen molar-refractivity contribution >= 4 is 11.4 Å². The van der Waals surface area contributed by atoms with Gasteiger partial charge >= 0.3 is 0 Å². The predicted molar refractivity (Wildman–Crippen MR) is 88.2 cm³/mol. The zero-order chi connectivity index (χ0) is 14.2. The minimum atomic E-state index is 1.04. The van der Waals surface area contributed by atoms with E-state index in [1.54, 1.807) is 0 Å². The fraction of sp³-hybridized carbons (Fsp3) is 0.333. The minimum absolute atomic E-state index is 1.04. The van der Waals surface area contributed by atoms with Crippen molar-refractivity contribution < 1.29 is 0 Å². The topological polar surface area (TPSA) is 6.48 Å². The van der Waals surface area contributed by atoms with Gasteiger partial charge in [0.05, 0.1) is 11.4 Å². The molecule has 0 saturated heterocycles. The summed E-state index contributed by atoms with van der Waals surface area (Å²) in [5.41, 5.74) is 2.46. The van der Waals surface area contributed by atoms with Crippen molar-refractivity contribution in [3.63, 3.8) is 0 Å². The molecule has 2 aromatic carbocycles. The standard InChI is InChI=1S/C18H24N2/c1-3-4-11-16-20(18-14-9-6-10-15-18)19(2)17-12-7-5-8-13-17/h5-10,12-15H,3-4,11,16H2,1-2H3. The van der Waals surface area contributed by atoms with E-state index in [2.05, 4.69) is 84.7 Å². The summed E-state index contributed by atoms with van der Waals surface area (Å²) in [7, 11) is 2.13. The van der Waals surface area contributed by atoms with E-state index in [9.17, 15) is 0 Å². The Morgan fingerprint density at radius 1 is 0.750 bits per heavy atom. The maximum atomic E-state index is 2.35. The van der Waals surface area contributed by atoms with Gasteiger partial charge < -0.3 is 0 Å². The van der Waals surface area contributed by atoms with Gasteiger partial charge in [-0.2, -0.15) is 0 Å². The molecule has 2 aromatic rings. The lowest BCUT2D eigenvalue weighted by Gasteiger charge is -2.35. The first-order valence-corrected chi connectivity index (χ1v) is 7.44. The fourth-order valence-corrected chi connectivity index (χ4v) is 2.35. The van der Waals surface area contributed by atoms with Crippen LogP contribution in [0.3, 0.4) is 0 Å². The van der Waals surface area contributed by atoms with Crippen molar-refractivity contribution in [3.8, 4) is 0 Å². The van der Waals surface area contributed by atoms with Crippen LogP contribution in [0.25, 0.3) is 0 Å². The summed E-state index contributed by atoms with van der Waals surface area (Å²) < 4.78 is 0. The molecule has 0 atom stereocenters. The number of hydrazine groups is 1. The number of benzene rings is 2. The molecule has 0 amide bonds. The van der Waals surface area contributed by atoms with Gasteiger partial charge in [0.2, 0.25) is 0 Å².